The van der Waals surface area contributed by atoms with E-state index in [1.54, 1.807) is 0 Å². The Bertz CT molecular complexity index is 843. The summed E-state index contributed by atoms with van der Waals surface area (Å²) in [5, 5.41) is 2.25. The minimum Gasteiger partial charge on any atom is -0.398 e. The van der Waals surface area contributed by atoms with Gasteiger partial charge in [0.1, 0.15) is 5.88 Å². The van der Waals surface area contributed by atoms with Crippen molar-refractivity contribution in [1.82, 2.24) is 0 Å². The molecule has 2 aromatic rings. The van der Waals surface area contributed by atoms with E-state index in [2.05, 4.69) is 37.2 Å². The summed E-state index contributed by atoms with van der Waals surface area (Å²) >= 11 is 11.3. The molecule has 0 unspecified atom stereocenters. The van der Waals surface area contributed by atoms with Crippen molar-refractivity contribution in [2.45, 2.75) is 12.4 Å². The number of rotatable bonds is 2. The van der Waals surface area contributed by atoms with E-state index in [1.165, 1.54) is 12.1 Å². The van der Waals surface area contributed by atoms with E-state index in [-0.39, 0.29) is 17.3 Å². The van der Waals surface area contributed by atoms with Crippen molar-refractivity contribution in [3.05, 3.63) is 56.5 Å². The Hall–Kier alpha value is -1.46. The van der Waals surface area contributed by atoms with Gasteiger partial charge in [-0.2, -0.15) is 26.3 Å². The lowest BCUT2D eigenvalue weighted by Crippen LogP contribution is -2.14. The molecule has 0 aromatic heterocycles. The van der Waals surface area contributed by atoms with E-state index >= 15 is 0 Å². The van der Waals surface area contributed by atoms with Crippen molar-refractivity contribution in [3.8, 4) is 0 Å². The first-order valence-corrected chi connectivity index (χ1v) is 9.22. The zero-order valence-electron chi connectivity index (χ0n) is 13.6. The molecule has 0 bridgehead atoms. The van der Waals surface area contributed by atoms with Gasteiger partial charge >= 0.3 is 12.4 Å². The lowest BCUT2D eigenvalue weighted by Gasteiger charge is -2.10. The molecule has 28 heavy (non-hydrogen) atoms. The van der Waals surface area contributed by atoms with Crippen LogP contribution in [0.2, 0.25) is 0 Å². The van der Waals surface area contributed by atoms with Crippen LogP contribution in [0.5, 0.6) is 0 Å². The van der Waals surface area contributed by atoms with Gasteiger partial charge < -0.3 is 11.1 Å². The third-order valence-corrected chi connectivity index (χ3v) is 4.67. The lowest BCUT2D eigenvalue weighted by molar-refractivity contribution is -0.138. The molecule has 0 aliphatic carbocycles. The van der Waals surface area contributed by atoms with Gasteiger partial charge in [0.25, 0.3) is 0 Å². The average Bonchev–Trinajstić information content (AvgIpc) is 2.57. The molecular weight excluding hydrogens is 545 g/mol. The second-order valence-corrected chi connectivity index (χ2v) is 7.08. The molecule has 0 saturated carbocycles. The number of benzene rings is 2. The van der Waals surface area contributed by atoms with Crippen molar-refractivity contribution < 1.29 is 31.1 Å². The third kappa shape index (κ3) is 7.51. The normalized spacial score (nSPS) is 11.5. The number of carbonyl (C=O) groups excluding carboxylic acids is 1. The largest absolute Gasteiger partial charge is 0.416 e. The number of alkyl halides is 7. The minimum absolute atomic E-state index is 0.0421. The summed E-state index contributed by atoms with van der Waals surface area (Å²) in [6.45, 7) is 0. The van der Waals surface area contributed by atoms with E-state index in [0.717, 1.165) is 24.3 Å². The maximum absolute atomic E-state index is 12.4. The summed E-state index contributed by atoms with van der Waals surface area (Å²) in [4.78, 5) is 10.9. The molecule has 12 heteroatoms. The number of anilines is 2. The Morgan fingerprint density at radius 1 is 0.929 bits per heavy atom. The Morgan fingerprint density at radius 2 is 1.39 bits per heavy atom. The zero-order chi connectivity index (χ0) is 21.7. The van der Waals surface area contributed by atoms with Gasteiger partial charge in [-0.05, 0) is 68.3 Å². The van der Waals surface area contributed by atoms with Crippen LogP contribution in [0.25, 0.3) is 0 Å². The molecule has 2 rings (SSSR count). The fraction of sp³-hybridized carbons (Fsp3) is 0.188. The summed E-state index contributed by atoms with van der Waals surface area (Å²) < 4.78 is 74.0. The summed E-state index contributed by atoms with van der Waals surface area (Å²) in [6.07, 6.45) is -8.77. The third-order valence-electron chi connectivity index (χ3n) is 3.01. The fourth-order valence-electron chi connectivity index (χ4n) is 1.70. The number of nitrogen functional groups attached to an aromatic ring is 1. The number of amides is 1. The van der Waals surface area contributed by atoms with Crippen LogP contribution >= 0.6 is 43.5 Å². The second-order valence-electron chi connectivity index (χ2n) is 5.11. The van der Waals surface area contributed by atoms with Gasteiger partial charge in [0.2, 0.25) is 5.91 Å². The molecule has 2 aromatic carbocycles. The molecule has 0 fully saturated rings. The van der Waals surface area contributed by atoms with Gasteiger partial charge in [0.05, 0.1) is 16.8 Å². The van der Waals surface area contributed by atoms with E-state index in [0.29, 0.717) is 8.95 Å². The van der Waals surface area contributed by atoms with Crippen LogP contribution in [0.4, 0.5) is 37.7 Å². The van der Waals surface area contributed by atoms with E-state index in [9.17, 15) is 31.1 Å². The average molecular weight is 557 g/mol. The predicted molar refractivity (Wildman–Crippen MR) is 102 cm³/mol. The van der Waals surface area contributed by atoms with Crippen molar-refractivity contribution in [3.63, 3.8) is 0 Å². The Balaban J connectivity index is 0.000000292. The van der Waals surface area contributed by atoms with Crippen LogP contribution in [0, 0.1) is 0 Å². The fourth-order valence-corrected chi connectivity index (χ4v) is 2.36. The Morgan fingerprint density at radius 3 is 1.82 bits per heavy atom. The standard InChI is InChI=1S/C9H6BrClF3NO.C7H5BrF3N/c10-6-2-1-5(9(12,13)14)3-7(6)15-8(16)4-11;8-5-2-1-4(3-6(5)12)7(9,10)11/h1-3H,4H2,(H,15,16);1-3H,12H2. The molecule has 0 radical (unpaired) electrons. The van der Waals surface area contributed by atoms with Gasteiger partial charge in [-0.3, -0.25) is 4.79 Å². The molecule has 0 atom stereocenters. The maximum atomic E-state index is 12.4. The van der Waals surface area contributed by atoms with Gasteiger partial charge in [0.15, 0.2) is 0 Å². The van der Waals surface area contributed by atoms with Crippen LogP contribution in [0.1, 0.15) is 11.1 Å². The Labute approximate surface area is 177 Å². The first-order valence-electron chi connectivity index (χ1n) is 7.10. The highest BCUT2D eigenvalue weighted by molar-refractivity contribution is 9.11. The number of hydrogen-bond donors (Lipinski definition) is 2. The van der Waals surface area contributed by atoms with Crippen LogP contribution in [0.3, 0.4) is 0 Å². The zero-order valence-corrected chi connectivity index (χ0v) is 17.5. The first-order chi connectivity index (χ1) is 12.8. The highest BCUT2D eigenvalue weighted by Gasteiger charge is 2.31. The molecule has 3 N–H and O–H groups in total. The molecule has 0 aliphatic heterocycles. The van der Waals surface area contributed by atoms with Crippen molar-refractivity contribution in [2.24, 2.45) is 0 Å². The summed E-state index contributed by atoms with van der Waals surface area (Å²) in [5.41, 5.74) is 3.83. The molecule has 3 nitrogen and oxygen atoms in total. The van der Waals surface area contributed by atoms with Gasteiger partial charge in [-0.15, -0.1) is 11.6 Å². The van der Waals surface area contributed by atoms with E-state index in [4.69, 9.17) is 17.3 Å². The van der Waals surface area contributed by atoms with Crippen LogP contribution < -0.4 is 11.1 Å². The van der Waals surface area contributed by atoms with Crippen molar-refractivity contribution >= 4 is 60.7 Å². The lowest BCUT2D eigenvalue weighted by atomic mass is 10.2. The minimum atomic E-state index is -4.44. The second kappa shape index (κ2) is 9.84. The van der Waals surface area contributed by atoms with Crippen molar-refractivity contribution in [2.75, 3.05) is 16.9 Å². The van der Waals surface area contributed by atoms with Gasteiger partial charge in [-0.1, -0.05) is 0 Å². The summed E-state index contributed by atoms with van der Waals surface area (Å²) in [7, 11) is 0. The van der Waals surface area contributed by atoms with E-state index < -0.39 is 29.4 Å². The van der Waals surface area contributed by atoms with Gasteiger partial charge in [-0.25, -0.2) is 0 Å². The quantitative estimate of drug-likeness (QED) is 0.246. The first kappa shape index (κ1) is 24.6. The Kier molecular flexibility index (Phi) is 8.64. The molecule has 0 heterocycles. The SMILES string of the molecule is Nc1cc(C(F)(F)F)ccc1Br.O=C(CCl)Nc1cc(C(F)(F)F)ccc1Br. The number of hydrogen-bond acceptors (Lipinski definition) is 2. The summed E-state index contributed by atoms with van der Waals surface area (Å²) in [6, 6.07) is 6.12. The molecule has 154 valence electrons. The molecule has 0 aliphatic rings. The number of nitrogens with one attached hydrogen (secondary N) is 1. The van der Waals surface area contributed by atoms with Crippen LogP contribution in [-0.4, -0.2) is 11.8 Å². The molecule has 0 spiro atoms. The molecule has 1 amide bonds. The topological polar surface area (TPSA) is 55.1 Å². The number of nitrogens with two attached hydrogens (primary N) is 1. The highest BCUT2D eigenvalue weighted by Crippen LogP contribution is 2.34. The van der Waals surface area contributed by atoms with Crippen molar-refractivity contribution in [1.29, 1.82) is 0 Å². The van der Waals surface area contributed by atoms with Crippen LogP contribution in [0.15, 0.2) is 45.3 Å². The molecular formula is C16H11Br2ClF6N2O. The monoisotopic (exact) mass is 554 g/mol. The van der Waals surface area contributed by atoms with E-state index in [1.807, 2.05) is 0 Å². The maximum Gasteiger partial charge on any atom is 0.416 e. The predicted octanol–water partition coefficient (Wildman–Crippen LogP) is 6.70. The summed E-state index contributed by atoms with van der Waals surface area (Å²) in [5.74, 6) is -0.885. The smallest absolute Gasteiger partial charge is 0.398 e. The van der Waals surface area contributed by atoms with Crippen LogP contribution in [-0.2, 0) is 17.1 Å². The van der Waals surface area contributed by atoms with Gasteiger partial charge in [0, 0.05) is 14.6 Å². The molecule has 0 saturated heterocycles. The number of carbonyl (C=O) groups is 1. The highest BCUT2D eigenvalue weighted by atomic mass is 79.9. The number of halogens is 9.